The Morgan fingerprint density at radius 1 is 1.62 bits per heavy atom. The summed E-state index contributed by atoms with van der Waals surface area (Å²) in [5.41, 5.74) is 1.84. The first-order valence-electron chi connectivity index (χ1n) is 5.15. The van der Waals surface area contributed by atoms with Crippen molar-refractivity contribution in [2.75, 3.05) is 0 Å². The molecule has 4 heteroatoms. The van der Waals surface area contributed by atoms with Gasteiger partial charge in [0, 0.05) is 24.2 Å². The number of nitro groups is 1. The van der Waals surface area contributed by atoms with Crippen molar-refractivity contribution in [3.8, 4) is 0 Å². The Morgan fingerprint density at radius 2 is 2.31 bits per heavy atom. The summed E-state index contributed by atoms with van der Waals surface area (Å²) in [4.78, 5) is 10.4. The zero-order valence-corrected chi connectivity index (χ0v) is 9.56. The summed E-state index contributed by atoms with van der Waals surface area (Å²) in [6.07, 6.45) is 1.80. The lowest BCUT2D eigenvalue weighted by molar-refractivity contribution is -0.385. The number of nitrogens with zero attached hydrogens (tertiary/aromatic N) is 1. The van der Waals surface area contributed by atoms with E-state index in [9.17, 15) is 10.1 Å². The van der Waals surface area contributed by atoms with E-state index in [1.165, 1.54) is 6.07 Å². The van der Waals surface area contributed by atoms with E-state index >= 15 is 0 Å². The Hall–Kier alpha value is -1.68. The van der Waals surface area contributed by atoms with E-state index in [2.05, 4.69) is 11.9 Å². The Balaban J connectivity index is 2.85. The minimum Gasteiger partial charge on any atom is -0.307 e. The van der Waals surface area contributed by atoms with Gasteiger partial charge in [0.15, 0.2) is 0 Å². The lowest BCUT2D eigenvalue weighted by Crippen LogP contribution is -2.23. The van der Waals surface area contributed by atoms with Gasteiger partial charge in [-0.15, -0.1) is 6.58 Å². The number of rotatable bonds is 5. The Bertz CT molecular complexity index is 402. The van der Waals surface area contributed by atoms with E-state index in [0.29, 0.717) is 6.54 Å². The maximum Gasteiger partial charge on any atom is 0.272 e. The van der Waals surface area contributed by atoms with Gasteiger partial charge in [0.05, 0.1) is 4.92 Å². The number of hydrogen-bond acceptors (Lipinski definition) is 3. The third-order valence-electron chi connectivity index (χ3n) is 2.58. The Labute approximate surface area is 95.1 Å². The molecule has 0 saturated heterocycles. The number of nitrogens with one attached hydrogen (secondary N) is 1. The molecule has 0 bridgehead atoms. The Kier molecular flexibility index (Phi) is 4.19. The minimum atomic E-state index is -0.351. The highest BCUT2D eigenvalue weighted by atomic mass is 16.6. The molecule has 0 amide bonds. The molecular weight excluding hydrogens is 204 g/mol. The smallest absolute Gasteiger partial charge is 0.272 e. The monoisotopic (exact) mass is 220 g/mol. The van der Waals surface area contributed by atoms with E-state index < -0.39 is 0 Å². The minimum absolute atomic E-state index is 0.172. The van der Waals surface area contributed by atoms with Crippen LogP contribution in [0.15, 0.2) is 30.9 Å². The molecule has 0 aromatic heterocycles. The molecule has 1 atom stereocenters. The molecule has 1 aromatic carbocycles. The summed E-state index contributed by atoms with van der Waals surface area (Å²) in [6, 6.07) is 5.32. The summed E-state index contributed by atoms with van der Waals surface area (Å²) >= 11 is 0. The van der Waals surface area contributed by atoms with Crippen LogP contribution in [0.25, 0.3) is 0 Å². The summed E-state index contributed by atoms with van der Waals surface area (Å²) < 4.78 is 0. The van der Waals surface area contributed by atoms with E-state index in [4.69, 9.17) is 0 Å². The second-order valence-electron chi connectivity index (χ2n) is 3.72. The van der Waals surface area contributed by atoms with Gasteiger partial charge < -0.3 is 5.32 Å². The van der Waals surface area contributed by atoms with Crippen molar-refractivity contribution in [3.63, 3.8) is 0 Å². The highest BCUT2D eigenvalue weighted by Crippen LogP contribution is 2.20. The van der Waals surface area contributed by atoms with E-state index in [1.807, 2.05) is 13.0 Å². The zero-order chi connectivity index (χ0) is 12.1. The van der Waals surface area contributed by atoms with Crippen LogP contribution in [0.4, 0.5) is 5.69 Å². The predicted octanol–water partition coefficient (Wildman–Crippen LogP) is 2.57. The average Bonchev–Trinajstić information content (AvgIpc) is 2.26. The fourth-order valence-corrected chi connectivity index (χ4v) is 1.41. The van der Waals surface area contributed by atoms with Crippen LogP contribution in [0.2, 0.25) is 0 Å². The molecular formula is C12H16N2O2. The van der Waals surface area contributed by atoms with Crippen molar-refractivity contribution in [2.45, 2.75) is 26.4 Å². The van der Waals surface area contributed by atoms with Gasteiger partial charge in [0.25, 0.3) is 5.69 Å². The van der Waals surface area contributed by atoms with Gasteiger partial charge in [-0.2, -0.15) is 0 Å². The van der Waals surface area contributed by atoms with E-state index in [0.717, 1.165) is 11.1 Å². The maximum atomic E-state index is 10.7. The Morgan fingerprint density at radius 3 is 2.88 bits per heavy atom. The molecule has 0 aliphatic rings. The number of nitro benzene ring substituents is 1. The topological polar surface area (TPSA) is 55.2 Å². The molecule has 86 valence electrons. The van der Waals surface area contributed by atoms with Crippen molar-refractivity contribution in [1.82, 2.24) is 5.32 Å². The molecule has 0 aliphatic heterocycles. The quantitative estimate of drug-likeness (QED) is 0.471. The van der Waals surface area contributed by atoms with Crippen LogP contribution in [-0.2, 0) is 6.54 Å². The predicted molar refractivity (Wildman–Crippen MR) is 64.3 cm³/mol. The van der Waals surface area contributed by atoms with Crippen molar-refractivity contribution in [2.24, 2.45) is 0 Å². The maximum absolute atomic E-state index is 10.7. The molecule has 1 unspecified atom stereocenters. The van der Waals surface area contributed by atoms with Crippen LogP contribution in [-0.4, -0.2) is 11.0 Å². The molecule has 1 rings (SSSR count). The van der Waals surface area contributed by atoms with Crippen LogP contribution >= 0.6 is 0 Å². The molecule has 1 N–H and O–H groups in total. The van der Waals surface area contributed by atoms with Gasteiger partial charge in [-0.25, -0.2) is 0 Å². The summed E-state index contributed by atoms with van der Waals surface area (Å²) in [5.74, 6) is 0. The second kappa shape index (κ2) is 5.42. The molecule has 0 aliphatic carbocycles. The number of benzene rings is 1. The second-order valence-corrected chi connectivity index (χ2v) is 3.72. The highest BCUT2D eigenvalue weighted by molar-refractivity contribution is 5.44. The first-order chi connectivity index (χ1) is 7.56. The molecule has 16 heavy (non-hydrogen) atoms. The van der Waals surface area contributed by atoms with Crippen LogP contribution in [0.3, 0.4) is 0 Å². The first-order valence-corrected chi connectivity index (χ1v) is 5.15. The largest absolute Gasteiger partial charge is 0.307 e. The fourth-order valence-electron chi connectivity index (χ4n) is 1.41. The molecule has 0 saturated carbocycles. The van der Waals surface area contributed by atoms with Crippen molar-refractivity contribution in [3.05, 3.63) is 52.1 Å². The van der Waals surface area contributed by atoms with Crippen LogP contribution in [0.1, 0.15) is 18.1 Å². The van der Waals surface area contributed by atoms with Gasteiger partial charge in [-0.3, -0.25) is 10.1 Å². The van der Waals surface area contributed by atoms with Crippen LogP contribution in [0.5, 0.6) is 0 Å². The van der Waals surface area contributed by atoms with Crippen molar-refractivity contribution in [1.29, 1.82) is 0 Å². The van der Waals surface area contributed by atoms with Gasteiger partial charge in [0.1, 0.15) is 0 Å². The summed E-state index contributed by atoms with van der Waals surface area (Å²) in [7, 11) is 0. The van der Waals surface area contributed by atoms with Gasteiger partial charge in [-0.1, -0.05) is 18.2 Å². The highest BCUT2D eigenvalue weighted by Gasteiger charge is 2.12. The lowest BCUT2D eigenvalue weighted by atomic mass is 10.1. The average molecular weight is 220 g/mol. The summed E-state index contributed by atoms with van der Waals surface area (Å²) in [5, 5.41) is 14.0. The zero-order valence-electron chi connectivity index (χ0n) is 9.56. The van der Waals surface area contributed by atoms with Crippen LogP contribution in [0, 0.1) is 17.0 Å². The molecule has 0 fully saturated rings. The molecule has 0 spiro atoms. The van der Waals surface area contributed by atoms with Gasteiger partial charge in [-0.05, 0) is 19.4 Å². The molecule has 4 nitrogen and oxygen atoms in total. The third-order valence-corrected chi connectivity index (χ3v) is 2.58. The van der Waals surface area contributed by atoms with E-state index in [1.54, 1.807) is 19.1 Å². The van der Waals surface area contributed by atoms with Gasteiger partial charge in [0.2, 0.25) is 0 Å². The van der Waals surface area contributed by atoms with Crippen molar-refractivity contribution < 1.29 is 4.92 Å². The molecule has 0 radical (unpaired) electrons. The van der Waals surface area contributed by atoms with Gasteiger partial charge >= 0.3 is 0 Å². The lowest BCUT2D eigenvalue weighted by Gasteiger charge is -2.11. The standard InChI is InChI=1S/C12H16N2O2/c1-4-9(2)13-8-11-6-5-7-12(10(11)3)14(15)16/h4-7,9,13H,1,8H2,2-3H3. The SMILES string of the molecule is C=CC(C)NCc1cccc([N+](=O)[O-])c1C. The number of hydrogen-bond donors (Lipinski definition) is 1. The molecule has 1 aromatic rings. The van der Waals surface area contributed by atoms with E-state index in [-0.39, 0.29) is 16.7 Å². The van der Waals surface area contributed by atoms with Crippen LogP contribution < -0.4 is 5.32 Å². The van der Waals surface area contributed by atoms with Crippen molar-refractivity contribution >= 4 is 5.69 Å². The molecule has 0 heterocycles. The summed E-state index contributed by atoms with van der Waals surface area (Å²) in [6.45, 7) is 8.04. The third kappa shape index (κ3) is 2.90. The first kappa shape index (κ1) is 12.4. The normalized spacial score (nSPS) is 12.1. The fraction of sp³-hybridized carbons (Fsp3) is 0.333.